The second-order valence-electron chi connectivity index (χ2n) is 7.52. The molecule has 0 aromatic heterocycles. The fourth-order valence-electron chi connectivity index (χ4n) is 3.71. The van der Waals surface area contributed by atoms with E-state index in [1.54, 1.807) is 0 Å². The van der Waals surface area contributed by atoms with Crippen LogP contribution in [0.3, 0.4) is 0 Å². The van der Waals surface area contributed by atoms with E-state index < -0.39 is 6.10 Å². The lowest BCUT2D eigenvalue weighted by Gasteiger charge is -2.37. The molecule has 8 nitrogen and oxygen atoms in total. The molecule has 0 aromatic rings. The van der Waals surface area contributed by atoms with Gasteiger partial charge >= 0.3 is 0 Å². The highest BCUT2D eigenvalue weighted by molar-refractivity contribution is 5.78. The Balaban J connectivity index is 1.40. The number of rotatable bonds is 7. The Bertz CT molecular complexity index is 479. The van der Waals surface area contributed by atoms with E-state index in [0.29, 0.717) is 45.1 Å². The van der Waals surface area contributed by atoms with Crippen molar-refractivity contribution in [2.75, 3.05) is 39.5 Å². The minimum Gasteiger partial charge on any atom is -0.394 e. The molecule has 2 aliphatic heterocycles. The van der Waals surface area contributed by atoms with Crippen LogP contribution >= 0.6 is 0 Å². The van der Waals surface area contributed by atoms with Gasteiger partial charge in [0.25, 0.3) is 0 Å². The van der Waals surface area contributed by atoms with Crippen molar-refractivity contribution in [2.45, 2.75) is 62.8 Å². The first-order chi connectivity index (χ1) is 12.6. The number of aliphatic hydroxyl groups excluding tert-OH is 1. The Morgan fingerprint density at radius 2 is 1.81 bits per heavy atom. The first kappa shape index (κ1) is 19.5. The van der Waals surface area contributed by atoms with Crippen LogP contribution in [0.15, 0.2) is 0 Å². The molecule has 1 saturated carbocycles. The zero-order valence-electron chi connectivity index (χ0n) is 15.3. The Hall–Kier alpha value is -1.22. The molecule has 1 aliphatic carbocycles. The maximum absolute atomic E-state index is 12.3. The second kappa shape index (κ2) is 9.64. The monoisotopic (exact) mass is 369 g/mol. The van der Waals surface area contributed by atoms with E-state index in [-0.39, 0.29) is 30.6 Å². The highest BCUT2D eigenvalue weighted by Gasteiger charge is 2.33. The summed E-state index contributed by atoms with van der Waals surface area (Å²) < 4.78 is 11.2. The molecular formula is C18H31N3O5. The Morgan fingerprint density at radius 1 is 1.04 bits per heavy atom. The Kier molecular flexibility index (Phi) is 7.24. The van der Waals surface area contributed by atoms with Gasteiger partial charge in [-0.2, -0.15) is 0 Å². The summed E-state index contributed by atoms with van der Waals surface area (Å²) in [6.07, 6.45) is 4.39. The van der Waals surface area contributed by atoms with Crippen molar-refractivity contribution in [1.29, 1.82) is 0 Å². The quantitative estimate of drug-likeness (QED) is 0.554. The number of carbonyl (C=O) groups is 2. The average molecular weight is 369 g/mol. The van der Waals surface area contributed by atoms with Gasteiger partial charge in [0.1, 0.15) is 6.10 Å². The third-order valence-electron chi connectivity index (χ3n) is 5.50. The molecule has 0 unspecified atom stereocenters. The maximum atomic E-state index is 12.3. The van der Waals surface area contributed by atoms with Crippen molar-refractivity contribution in [2.24, 2.45) is 0 Å². The minimum atomic E-state index is -0.459. The molecule has 0 spiro atoms. The van der Waals surface area contributed by atoms with Gasteiger partial charge in [0.05, 0.1) is 44.9 Å². The summed E-state index contributed by atoms with van der Waals surface area (Å²) in [4.78, 5) is 26.4. The van der Waals surface area contributed by atoms with Gasteiger partial charge in [-0.15, -0.1) is 0 Å². The lowest BCUT2D eigenvalue weighted by Crippen LogP contribution is -2.54. The molecule has 2 amide bonds. The van der Waals surface area contributed by atoms with E-state index in [0.717, 1.165) is 25.9 Å². The molecule has 3 aliphatic rings. The highest BCUT2D eigenvalue weighted by Crippen LogP contribution is 2.23. The SMILES string of the molecule is O=C(C[C@@H]1CC[C@@H](NC(=O)CN2CCOCC2)[C@H](CO)O1)NC1CCC1. The molecule has 26 heavy (non-hydrogen) atoms. The summed E-state index contributed by atoms with van der Waals surface area (Å²) in [7, 11) is 0. The number of hydrogen-bond acceptors (Lipinski definition) is 6. The number of amides is 2. The third-order valence-corrected chi connectivity index (χ3v) is 5.50. The average Bonchev–Trinajstić information content (AvgIpc) is 2.60. The number of nitrogens with zero attached hydrogens (tertiary/aromatic N) is 1. The van der Waals surface area contributed by atoms with E-state index in [2.05, 4.69) is 15.5 Å². The molecule has 2 heterocycles. The van der Waals surface area contributed by atoms with Crippen molar-refractivity contribution in [3.8, 4) is 0 Å². The summed E-state index contributed by atoms with van der Waals surface area (Å²) >= 11 is 0. The van der Waals surface area contributed by atoms with Gasteiger partial charge < -0.3 is 25.2 Å². The number of morpholine rings is 1. The summed E-state index contributed by atoms with van der Waals surface area (Å²) in [5, 5.41) is 15.6. The van der Waals surface area contributed by atoms with Crippen molar-refractivity contribution >= 4 is 11.8 Å². The molecule has 148 valence electrons. The van der Waals surface area contributed by atoms with E-state index in [1.165, 1.54) is 6.42 Å². The van der Waals surface area contributed by atoms with Crippen LogP contribution in [0.5, 0.6) is 0 Å². The summed E-state index contributed by atoms with van der Waals surface area (Å²) in [6, 6.07) is 0.117. The predicted molar refractivity (Wildman–Crippen MR) is 94.6 cm³/mol. The van der Waals surface area contributed by atoms with Crippen molar-refractivity contribution in [3.05, 3.63) is 0 Å². The van der Waals surface area contributed by atoms with Gasteiger partial charge in [-0.1, -0.05) is 0 Å². The van der Waals surface area contributed by atoms with E-state index in [4.69, 9.17) is 9.47 Å². The smallest absolute Gasteiger partial charge is 0.234 e. The molecule has 8 heteroatoms. The zero-order valence-corrected chi connectivity index (χ0v) is 15.3. The topological polar surface area (TPSA) is 100 Å². The van der Waals surface area contributed by atoms with Crippen molar-refractivity contribution < 1.29 is 24.2 Å². The first-order valence-electron chi connectivity index (χ1n) is 9.79. The molecule has 2 saturated heterocycles. The van der Waals surface area contributed by atoms with Gasteiger partial charge in [0, 0.05) is 19.1 Å². The van der Waals surface area contributed by atoms with Gasteiger partial charge in [-0.3, -0.25) is 14.5 Å². The fourth-order valence-corrected chi connectivity index (χ4v) is 3.71. The molecular weight excluding hydrogens is 338 g/mol. The fraction of sp³-hybridized carbons (Fsp3) is 0.889. The maximum Gasteiger partial charge on any atom is 0.234 e. The Labute approximate surface area is 154 Å². The normalized spacial score (nSPS) is 30.4. The van der Waals surface area contributed by atoms with Crippen LogP contribution in [0.2, 0.25) is 0 Å². The Morgan fingerprint density at radius 3 is 2.46 bits per heavy atom. The van der Waals surface area contributed by atoms with Crippen LogP contribution in [0.4, 0.5) is 0 Å². The second-order valence-corrected chi connectivity index (χ2v) is 7.52. The number of hydrogen-bond donors (Lipinski definition) is 3. The predicted octanol–water partition coefficient (Wildman–Crippen LogP) is -0.598. The number of aliphatic hydroxyl groups is 1. The van der Waals surface area contributed by atoms with Gasteiger partial charge in [0.15, 0.2) is 0 Å². The van der Waals surface area contributed by atoms with Crippen LogP contribution in [-0.4, -0.2) is 85.6 Å². The number of nitrogens with one attached hydrogen (secondary N) is 2. The van der Waals surface area contributed by atoms with Gasteiger partial charge in [0.2, 0.25) is 11.8 Å². The lowest BCUT2D eigenvalue weighted by molar-refractivity contribution is -0.137. The van der Waals surface area contributed by atoms with Crippen LogP contribution < -0.4 is 10.6 Å². The minimum absolute atomic E-state index is 0.0196. The molecule has 3 atom stereocenters. The van der Waals surface area contributed by atoms with Crippen LogP contribution in [0, 0.1) is 0 Å². The molecule has 3 fully saturated rings. The summed E-state index contributed by atoms with van der Waals surface area (Å²) in [6.45, 7) is 3.01. The molecule has 3 rings (SSSR count). The highest BCUT2D eigenvalue weighted by atomic mass is 16.5. The van der Waals surface area contributed by atoms with Gasteiger partial charge in [-0.25, -0.2) is 0 Å². The standard InChI is InChI=1S/C18H31N3O5/c22-12-16-15(20-18(24)11-21-6-8-25-9-7-21)5-4-14(26-16)10-17(23)19-13-2-1-3-13/h13-16,22H,1-12H2,(H,19,23)(H,20,24)/t14-,15+,16-/m0/s1. The first-order valence-corrected chi connectivity index (χ1v) is 9.79. The molecule has 0 radical (unpaired) electrons. The molecule has 0 bridgehead atoms. The molecule has 3 N–H and O–H groups in total. The zero-order chi connectivity index (χ0) is 18.4. The van der Waals surface area contributed by atoms with Crippen LogP contribution in [-0.2, 0) is 19.1 Å². The third kappa shape index (κ3) is 5.64. The van der Waals surface area contributed by atoms with Gasteiger partial charge in [-0.05, 0) is 32.1 Å². The van der Waals surface area contributed by atoms with Crippen LogP contribution in [0.25, 0.3) is 0 Å². The van der Waals surface area contributed by atoms with Crippen molar-refractivity contribution in [3.63, 3.8) is 0 Å². The van der Waals surface area contributed by atoms with Crippen LogP contribution in [0.1, 0.15) is 38.5 Å². The van der Waals surface area contributed by atoms with E-state index in [1.807, 2.05) is 0 Å². The van der Waals surface area contributed by atoms with E-state index >= 15 is 0 Å². The number of ether oxygens (including phenoxy) is 2. The summed E-state index contributed by atoms with van der Waals surface area (Å²) in [5.41, 5.74) is 0. The van der Waals surface area contributed by atoms with Crippen molar-refractivity contribution in [1.82, 2.24) is 15.5 Å². The number of carbonyl (C=O) groups excluding carboxylic acids is 2. The van der Waals surface area contributed by atoms with E-state index in [9.17, 15) is 14.7 Å². The summed E-state index contributed by atoms with van der Waals surface area (Å²) in [5.74, 6) is -0.0358. The molecule has 0 aromatic carbocycles. The largest absolute Gasteiger partial charge is 0.394 e. The lowest BCUT2D eigenvalue weighted by atomic mass is 9.92.